The summed E-state index contributed by atoms with van der Waals surface area (Å²) in [6, 6.07) is 2.09. The van der Waals surface area contributed by atoms with Crippen LogP contribution in [-0.2, 0) is 11.3 Å². The predicted molar refractivity (Wildman–Crippen MR) is 59.5 cm³/mol. The highest BCUT2D eigenvalue weighted by Gasteiger charge is 2.01. The smallest absolute Gasteiger partial charge is 0.0990 e. The summed E-state index contributed by atoms with van der Waals surface area (Å²) in [5.74, 6) is 0.937. The first-order valence-corrected chi connectivity index (χ1v) is 5.53. The molecule has 0 amide bonds. The van der Waals surface area contributed by atoms with Gasteiger partial charge < -0.3 is 10.5 Å². The number of ether oxygens (including phenoxy) is 1. The van der Waals surface area contributed by atoms with E-state index in [0.717, 1.165) is 22.9 Å². The molecule has 14 heavy (non-hydrogen) atoms. The summed E-state index contributed by atoms with van der Waals surface area (Å²) in [7, 11) is 1.71. The monoisotopic (exact) mass is 212 g/mol. The van der Waals surface area contributed by atoms with Crippen molar-refractivity contribution in [3.63, 3.8) is 0 Å². The quantitative estimate of drug-likeness (QED) is 0.595. The average molecular weight is 212 g/mol. The van der Waals surface area contributed by atoms with Crippen molar-refractivity contribution in [2.45, 2.75) is 18.5 Å². The Bertz CT molecular complexity index is 291. The van der Waals surface area contributed by atoms with E-state index in [2.05, 4.69) is 18.0 Å². The highest BCUT2D eigenvalue weighted by molar-refractivity contribution is 7.99. The fourth-order valence-electron chi connectivity index (χ4n) is 1.10. The van der Waals surface area contributed by atoms with E-state index in [1.807, 2.05) is 6.20 Å². The van der Waals surface area contributed by atoms with E-state index in [0.29, 0.717) is 6.54 Å². The summed E-state index contributed by atoms with van der Waals surface area (Å²) in [6.07, 6.45) is 1.84. The lowest BCUT2D eigenvalue weighted by molar-refractivity contribution is 0.218. The molecule has 4 heteroatoms. The van der Waals surface area contributed by atoms with Crippen LogP contribution in [0.1, 0.15) is 11.1 Å². The zero-order valence-corrected chi connectivity index (χ0v) is 9.43. The van der Waals surface area contributed by atoms with Crippen molar-refractivity contribution in [2.24, 2.45) is 5.73 Å². The maximum Gasteiger partial charge on any atom is 0.0990 e. The first-order valence-electron chi connectivity index (χ1n) is 4.55. The Balaban J connectivity index is 2.59. The fourth-order valence-corrected chi connectivity index (χ4v) is 1.96. The summed E-state index contributed by atoms with van der Waals surface area (Å²) in [5, 5.41) is 1.07. The molecule has 3 nitrogen and oxygen atoms in total. The molecule has 1 rings (SSSR count). The van der Waals surface area contributed by atoms with Crippen LogP contribution >= 0.6 is 11.8 Å². The number of hydrogen-bond donors (Lipinski definition) is 1. The molecular formula is C10H16N2OS. The summed E-state index contributed by atoms with van der Waals surface area (Å²) < 4.78 is 4.98. The molecule has 0 aliphatic heterocycles. The Kier molecular flexibility index (Phi) is 4.93. The number of methoxy groups -OCH3 is 1. The molecule has 0 fully saturated rings. The number of rotatable bonds is 5. The van der Waals surface area contributed by atoms with Crippen LogP contribution in [0.15, 0.2) is 17.3 Å². The second-order valence-electron chi connectivity index (χ2n) is 3.01. The molecular weight excluding hydrogens is 196 g/mol. The Labute approximate surface area is 89.1 Å². The fraction of sp³-hybridized carbons (Fsp3) is 0.500. The lowest BCUT2D eigenvalue weighted by Gasteiger charge is -2.05. The minimum absolute atomic E-state index is 0.552. The SMILES string of the molecule is COCCSc1ncc(CN)cc1C. The van der Waals surface area contributed by atoms with Crippen LogP contribution in [-0.4, -0.2) is 24.5 Å². The van der Waals surface area contributed by atoms with Gasteiger partial charge in [0.15, 0.2) is 0 Å². The molecule has 0 saturated heterocycles. The van der Waals surface area contributed by atoms with Crippen LogP contribution in [0.2, 0.25) is 0 Å². The molecule has 0 bridgehead atoms. The van der Waals surface area contributed by atoms with Crippen LogP contribution < -0.4 is 5.73 Å². The number of aryl methyl sites for hydroxylation is 1. The molecule has 0 aromatic carbocycles. The summed E-state index contributed by atoms with van der Waals surface area (Å²) in [4.78, 5) is 4.35. The minimum Gasteiger partial charge on any atom is -0.384 e. The summed E-state index contributed by atoms with van der Waals surface area (Å²) in [6.45, 7) is 3.36. The number of nitrogens with zero attached hydrogens (tertiary/aromatic N) is 1. The van der Waals surface area contributed by atoms with E-state index in [9.17, 15) is 0 Å². The predicted octanol–water partition coefficient (Wildman–Crippen LogP) is 1.59. The average Bonchev–Trinajstić information content (AvgIpc) is 2.20. The highest BCUT2D eigenvalue weighted by atomic mass is 32.2. The van der Waals surface area contributed by atoms with Gasteiger partial charge in [0.25, 0.3) is 0 Å². The van der Waals surface area contributed by atoms with E-state index in [-0.39, 0.29) is 0 Å². The van der Waals surface area contributed by atoms with Crippen molar-refractivity contribution in [3.05, 3.63) is 23.4 Å². The van der Waals surface area contributed by atoms with E-state index in [4.69, 9.17) is 10.5 Å². The van der Waals surface area contributed by atoms with Gasteiger partial charge in [-0.2, -0.15) is 0 Å². The molecule has 0 atom stereocenters. The van der Waals surface area contributed by atoms with Crippen molar-refractivity contribution >= 4 is 11.8 Å². The zero-order valence-electron chi connectivity index (χ0n) is 8.62. The summed E-state index contributed by atoms with van der Waals surface area (Å²) in [5.41, 5.74) is 7.79. The van der Waals surface area contributed by atoms with Crippen molar-refractivity contribution in [1.82, 2.24) is 4.98 Å². The summed E-state index contributed by atoms with van der Waals surface area (Å²) >= 11 is 1.71. The van der Waals surface area contributed by atoms with Crippen LogP contribution in [0.5, 0.6) is 0 Å². The van der Waals surface area contributed by atoms with Crippen LogP contribution in [0.25, 0.3) is 0 Å². The van der Waals surface area contributed by atoms with Gasteiger partial charge in [-0.05, 0) is 18.1 Å². The molecule has 1 heterocycles. The number of nitrogens with two attached hydrogens (primary N) is 1. The molecule has 78 valence electrons. The van der Waals surface area contributed by atoms with Gasteiger partial charge in [-0.15, -0.1) is 11.8 Å². The second-order valence-corrected chi connectivity index (χ2v) is 4.09. The van der Waals surface area contributed by atoms with Crippen LogP contribution in [0.3, 0.4) is 0 Å². The molecule has 0 spiro atoms. The number of thioether (sulfide) groups is 1. The van der Waals surface area contributed by atoms with Crippen molar-refractivity contribution in [3.8, 4) is 0 Å². The third kappa shape index (κ3) is 3.29. The molecule has 0 unspecified atom stereocenters. The first-order chi connectivity index (χ1) is 6.77. The van der Waals surface area contributed by atoms with Crippen molar-refractivity contribution in [1.29, 1.82) is 0 Å². The van der Waals surface area contributed by atoms with Gasteiger partial charge in [0.2, 0.25) is 0 Å². The molecule has 0 saturated carbocycles. The topological polar surface area (TPSA) is 48.1 Å². The Morgan fingerprint density at radius 3 is 2.93 bits per heavy atom. The lowest BCUT2D eigenvalue weighted by atomic mass is 10.2. The molecule has 0 aliphatic carbocycles. The Morgan fingerprint density at radius 1 is 1.57 bits per heavy atom. The van der Waals surface area contributed by atoms with E-state index >= 15 is 0 Å². The van der Waals surface area contributed by atoms with E-state index < -0.39 is 0 Å². The van der Waals surface area contributed by atoms with Crippen LogP contribution in [0.4, 0.5) is 0 Å². The number of hydrogen-bond acceptors (Lipinski definition) is 4. The van der Waals surface area contributed by atoms with Gasteiger partial charge in [-0.3, -0.25) is 0 Å². The Morgan fingerprint density at radius 2 is 2.36 bits per heavy atom. The van der Waals surface area contributed by atoms with Gasteiger partial charge in [0.1, 0.15) is 0 Å². The molecule has 2 N–H and O–H groups in total. The van der Waals surface area contributed by atoms with Gasteiger partial charge in [-0.1, -0.05) is 6.07 Å². The standard InChI is InChI=1S/C10H16N2OS/c1-8-5-9(6-11)7-12-10(8)14-4-3-13-2/h5,7H,3-4,6,11H2,1-2H3. The van der Waals surface area contributed by atoms with E-state index in [1.54, 1.807) is 18.9 Å². The van der Waals surface area contributed by atoms with Crippen LogP contribution in [0, 0.1) is 6.92 Å². The molecule has 1 aromatic rings. The highest BCUT2D eigenvalue weighted by Crippen LogP contribution is 2.19. The molecule has 0 radical (unpaired) electrons. The minimum atomic E-state index is 0.552. The molecule has 1 aromatic heterocycles. The molecule has 0 aliphatic rings. The van der Waals surface area contributed by atoms with Crippen molar-refractivity contribution < 1.29 is 4.74 Å². The third-order valence-electron chi connectivity index (χ3n) is 1.85. The van der Waals surface area contributed by atoms with Gasteiger partial charge in [0.05, 0.1) is 11.6 Å². The second kappa shape index (κ2) is 6.01. The number of pyridine rings is 1. The first kappa shape index (κ1) is 11.5. The third-order valence-corrected chi connectivity index (χ3v) is 2.92. The normalized spacial score (nSPS) is 10.5. The van der Waals surface area contributed by atoms with E-state index in [1.165, 1.54) is 5.56 Å². The van der Waals surface area contributed by atoms with Gasteiger partial charge in [0, 0.05) is 25.6 Å². The largest absolute Gasteiger partial charge is 0.384 e. The lowest BCUT2D eigenvalue weighted by Crippen LogP contribution is -1.99. The maximum atomic E-state index is 5.52. The zero-order chi connectivity index (χ0) is 10.4. The van der Waals surface area contributed by atoms with Gasteiger partial charge in [-0.25, -0.2) is 4.98 Å². The van der Waals surface area contributed by atoms with Gasteiger partial charge >= 0.3 is 0 Å². The number of aromatic nitrogens is 1. The maximum absolute atomic E-state index is 5.52. The van der Waals surface area contributed by atoms with Crippen molar-refractivity contribution in [2.75, 3.05) is 19.5 Å². The Hall–Kier alpha value is -0.580.